The molecule has 6 nitrogen and oxygen atoms in total. The first-order chi connectivity index (χ1) is 14.6. The molecule has 1 N–H and O–H groups in total. The summed E-state index contributed by atoms with van der Waals surface area (Å²) in [5, 5.41) is 2.52. The molecule has 3 atom stereocenters. The summed E-state index contributed by atoms with van der Waals surface area (Å²) in [6, 6.07) is 18.7. The fraction of sp³-hybridized carbons (Fsp3) is 0.440. The molecule has 2 unspecified atom stereocenters. The first-order valence-electron chi connectivity index (χ1n) is 10.6. The lowest BCUT2D eigenvalue weighted by Crippen LogP contribution is -2.44. The van der Waals surface area contributed by atoms with Gasteiger partial charge >= 0.3 is 12.1 Å². The zero-order valence-electron chi connectivity index (χ0n) is 19.0. The van der Waals surface area contributed by atoms with Crippen LogP contribution in [0.3, 0.4) is 0 Å². The summed E-state index contributed by atoms with van der Waals surface area (Å²) in [5.74, 6) is 0.176. The van der Waals surface area contributed by atoms with Gasteiger partial charge in [-0.1, -0.05) is 48.5 Å². The summed E-state index contributed by atoms with van der Waals surface area (Å²) in [6.45, 7) is 9.10. The minimum absolute atomic E-state index is 0.0692. The maximum absolute atomic E-state index is 12.6. The fourth-order valence-electron chi connectivity index (χ4n) is 2.92. The van der Waals surface area contributed by atoms with Crippen molar-refractivity contribution in [3.05, 3.63) is 66.2 Å². The van der Waals surface area contributed by atoms with E-state index >= 15 is 0 Å². The van der Waals surface area contributed by atoms with Crippen molar-refractivity contribution in [2.75, 3.05) is 6.61 Å². The van der Waals surface area contributed by atoms with Crippen LogP contribution in [0.5, 0.6) is 5.75 Å². The summed E-state index contributed by atoms with van der Waals surface area (Å²) < 4.78 is 16.8. The van der Waals surface area contributed by atoms with Gasteiger partial charge in [-0.15, -0.1) is 0 Å². The molecule has 168 valence electrons. The van der Waals surface area contributed by atoms with Crippen molar-refractivity contribution in [1.29, 1.82) is 0 Å². The van der Waals surface area contributed by atoms with Crippen LogP contribution in [-0.2, 0) is 20.7 Å². The molecule has 6 heteroatoms. The van der Waals surface area contributed by atoms with Crippen LogP contribution in [0.15, 0.2) is 60.7 Å². The lowest BCUT2D eigenvalue weighted by atomic mass is 9.95. The van der Waals surface area contributed by atoms with Crippen LogP contribution >= 0.6 is 0 Å². The number of hydrogen-bond acceptors (Lipinski definition) is 5. The van der Waals surface area contributed by atoms with Gasteiger partial charge < -0.3 is 19.5 Å². The Morgan fingerprint density at radius 1 is 0.935 bits per heavy atom. The number of carbonyl (C=O) groups excluding carboxylic acids is 2. The van der Waals surface area contributed by atoms with E-state index < -0.39 is 29.8 Å². The number of carbonyl (C=O) groups is 2. The van der Waals surface area contributed by atoms with Gasteiger partial charge in [0.25, 0.3) is 0 Å². The molecule has 2 aromatic rings. The van der Waals surface area contributed by atoms with Crippen molar-refractivity contribution < 1.29 is 23.8 Å². The van der Waals surface area contributed by atoms with Crippen LogP contribution in [0.4, 0.5) is 4.79 Å². The normalized spacial score (nSPS) is 14.1. The molecule has 0 saturated carbocycles. The van der Waals surface area contributed by atoms with Crippen molar-refractivity contribution in [2.45, 2.75) is 58.8 Å². The third-order valence-electron chi connectivity index (χ3n) is 4.60. The number of nitrogens with one attached hydrogen (secondary N) is 1. The SMILES string of the molecule is CC(OC(=O)[C@H](C)NC(=O)OC(C)(C)C)C(COc1ccccc1)Cc1ccccc1. The second-order valence-corrected chi connectivity index (χ2v) is 8.58. The Labute approximate surface area is 184 Å². The van der Waals surface area contributed by atoms with Gasteiger partial charge in [0, 0.05) is 5.92 Å². The van der Waals surface area contributed by atoms with Crippen molar-refractivity contribution in [3.8, 4) is 5.75 Å². The van der Waals surface area contributed by atoms with Crippen LogP contribution in [0.25, 0.3) is 0 Å². The zero-order chi connectivity index (χ0) is 22.9. The van der Waals surface area contributed by atoms with Gasteiger partial charge in [0.2, 0.25) is 0 Å². The number of rotatable bonds is 9. The zero-order valence-corrected chi connectivity index (χ0v) is 19.0. The van der Waals surface area contributed by atoms with Crippen molar-refractivity contribution in [1.82, 2.24) is 5.32 Å². The Bertz CT molecular complexity index is 817. The molecule has 0 aliphatic carbocycles. The van der Waals surface area contributed by atoms with Crippen LogP contribution in [0.1, 0.15) is 40.2 Å². The number of esters is 1. The molecule has 2 aromatic carbocycles. The molecule has 0 aliphatic heterocycles. The summed E-state index contributed by atoms with van der Waals surface area (Å²) in [7, 11) is 0. The van der Waals surface area contributed by atoms with E-state index in [1.54, 1.807) is 27.7 Å². The summed E-state index contributed by atoms with van der Waals surface area (Å²) in [5.41, 5.74) is 0.489. The molecule has 0 saturated heterocycles. The van der Waals surface area contributed by atoms with Crippen LogP contribution < -0.4 is 10.1 Å². The Hall–Kier alpha value is -3.02. The van der Waals surface area contributed by atoms with Crippen molar-refractivity contribution in [3.63, 3.8) is 0 Å². The number of ether oxygens (including phenoxy) is 3. The minimum Gasteiger partial charge on any atom is -0.493 e. The molecular weight excluding hydrogens is 394 g/mol. The monoisotopic (exact) mass is 427 g/mol. The smallest absolute Gasteiger partial charge is 0.408 e. The molecule has 1 amide bonds. The van der Waals surface area contributed by atoms with Gasteiger partial charge in [0.1, 0.15) is 23.5 Å². The van der Waals surface area contributed by atoms with E-state index in [1.165, 1.54) is 0 Å². The highest BCUT2D eigenvalue weighted by Gasteiger charge is 2.27. The van der Waals surface area contributed by atoms with Gasteiger partial charge in [-0.3, -0.25) is 0 Å². The summed E-state index contributed by atoms with van der Waals surface area (Å²) in [6.07, 6.45) is -0.382. The quantitative estimate of drug-likeness (QED) is 0.584. The maximum atomic E-state index is 12.6. The number of alkyl carbamates (subject to hydrolysis) is 1. The molecule has 0 spiro atoms. The lowest BCUT2D eigenvalue weighted by Gasteiger charge is -2.26. The molecule has 0 aromatic heterocycles. The van der Waals surface area contributed by atoms with Crippen LogP contribution in [-0.4, -0.2) is 36.4 Å². The summed E-state index contributed by atoms with van der Waals surface area (Å²) in [4.78, 5) is 24.5. The van der Waals surface area contributed by atoms with E-state index in [0.29, 0.717) is 13.0 Å². The van der Waals surface area contributed by atoms with Gasteiger partial charge in [0.05, 0.1) is 6.61 Å². The molecule has 0 aliphatic rings. The highest BCUT2D eigenvalue weighted by Crippen LogP contribution is 2.19. The van der Waals surface area contributed by atoms with E-state index in [4.69, 9.17) is 14.2 Å². The van der Waals surface area contributed by atoms with Crippen molar-refractivity contribution in [2.24, 2.45) is 5.92 Å². The second-order valence-electron chi connectivity index (χ2n) is 8.58. The Balaban J connectivity index is 1.99. The van der Waals surface area contributed by atoms with Crippen molar-refractivity contribution >= 4 is 12.1 Å². The molecule has 2 rings (SSSR count). The first-order valence-corrected chi connectivity index (χ1v) is 10.6. The minimum atomic E-state index is -0.829. The Morgan fingerprint density at radius 3 is 2.10 bits per heavy atom. The fourth-order valence-corrected chi connectivity index (χ4v) is 2.92. The van der Waals surface area contributed by atoms with Gasteiger partial charge in [-0.25, -0.2) is 9.59 Å². The topological polar surface area (TPSA) is 73.9 Å². The van der Waals surface area contributed by atoms with E-state index in [0.717, 1.165) is 11.3 Å². The van der Waals surface area contributed by atoms with Crippen LogP contribution in [0, 0.1) is 5.92 Å². The maximum Gasteiger partial charge on any atom is 0.408 e. The number of hydrogen-bond donors (Lipinski definition) is 1. The Kier molecular flexibility index (Phi) is 8.91. The number of amides is 1. The highest BCUT2D eigenvalue weighted by molar-refractivity contribution is 5.81. The molecule has 31 heavy (non-hydrogen) atoms. The van der Waals surface area contributed by atoms with Crippen LogP contribution in [0.2, 0.25) is 0 Å². The molecular formula is C25H33NO5. The number of para-hydroxylation sites is 1. The van der Waals surface area contributed by atoms with Gasteiger partial charge in [-0.05, 0) is 58.7 Å². The molecule has 0 heterocycles. The standard InChI is InChI=1S/C25H33NO5/c1-18(26-24(28)31-25(3,4)5)23(27)30-19(2)21(16-20-12-8-6-9-13-20)17-29-22-14-10-7-11-15-22/h6-15,18-19,21H,16-17H2,1-5H3,(H,26,28)/t18-,19?,21?/m0/s1. The average molecular weight is 428 g/mol. The second kappa shape index (κ2) is 11.4. The van der Waals surface area contributed by atoms with E-state index in [-0.39, 0.29) is 5.92 Å². The number of benzene rings is 2. The van der Waals surface area contributed by atoms with E-state index in [9.17, 15) is 9.59 Å². The van der Waals surface area contributed by atoms with Gasteiger partial charge in [0.15, 0.2) is 0 Å². The first kappa shape index (κ1) is 24.3. The lowest BCUT2D eigenvalue weighted by molar-refractivity contribution is -0.153. The predicted octanol–water partition coefficient (Wildman–Crippen LogP) is 4.77. The molecule has 0 radical (unpaired) electrons. The van der Waals surface area contributed by atoms with Gasteiger partial charge in [-0.2, -0.15) is 0 Å². The van der Waals surface area contributed by atoms with E-state index in [2.05, 4.69) is 5.32 Å². The third kappa shape index (κ3) is 9.11. The summed E-state index contributed by atoms with van der Waals surface area (Å²) >= 11 is 0. The predicted molar refractivity (Wildman–Crippen MR) is 120 cm³/mol. The largest absolute Gasteiger partial charge is 0.493 e. The Morgan fingerprint density at radius 2 is 1.52 bits per heavy atom. The van der Waals surface area contributed by atoms with E-state index in [1.807, 2.05) is 67.6 Å². The average Bonchev–Trinajstić information content (AvgIpc) is 2.71. The molecule has 0 bridgehead atoms. The molecule has 0 fully saturated rings. The third-order valence-corrected chi connectivity index (χ3v) is 4.60. The highest BCUT2D eigenvalue weighted by atomic mass is 16.6.